The van der Waals surface area contributed by atoms with Crippen LogP contribution in [0, 0.1) is 0 Å². The summed E-state index contributed by atoms with van der Waals surface area (Å²) in [6.45, 7) is 0.501. The van der Waals surface area contributed by atoms with Crippen molar-refractivity contribution in [1.29, 1.82) is 0 Å². The minimum Gasteiger partial charge on any atom is -0.481 e. The van der Waals surface area contributed by atoms with Crippen LogP contribution in [0.1, 0.15) is 30.4 Å². The highest BCUT2D eigenvalue weighted by Gasteiger charge is 2.37. The Bertz CT molecular complexity index is 1340. The Labute approximate surface area is 193 Å². The smallest absolute Gasteiger partial charge is 0.416 e. The van der Waals surface area contributed by atoms with Gasteiger partial charge in [0.1, 0.15) is 0 Å². The normalized spacial score (nSPS) is 12.4. The van der Waals surface area contributed by atoms with Gasteiger partial charge in [0, 0.05) is 35.7 Å². The number of halogens is 6. The fourth-order valence-corrected chi connectivity index (χ4v) is 3.42. The maximum absolute atomic E-state index is 13.1. The summed E-state index contributed by atoms with van der Waals surface area (Å²) in [6.07, 6.45) is -7.12. The molecule has 2 heterocycles. The number of carboxylic acid groups (broad SMARTS) is 1. The Morgan fingerprint density at radius 2 is 1.63 bits per heavy atom. The molecule has 0 aliphatic carbocycles. The number of nitrogens with zero attached hydrogens (tertiary/aromatic N) is 4. The molecular weight excluding hydrogens is 482 g/mol. The molecule has 0 fully saturated rings. The first-order valence-corrected chi connectivity index (χ1v) is 10.2. The average molecular weight is 498 g/mol. The number of aryl methyl sites for hydroxylation is 1. The Kier molecular flexibility index (Phi) is 6.26. The van der Waals surface area contributed by atoms with Crippen LogP contribution >= 0.6 is 0 Å². The molecule has 0 atom stereocenters. The molecule has 7 nitrogen and oxygen atoms in total. The number of carbonyl (C=O) groups is 1. The van der Waals surface area contributed by atoms with Crippen molar-refractivity contribution in [1.82, 2.24) is 19.9 Å². The largest absolute Gasteiger partial charge is 0.481 e. The lowest BCUT2D eigenvalue weighted by Crippen LogP contribution is -2.11. The minimum atomic E-state index is -5.00. The predicted molar refractivity (Wildman–Crippen MR) is 110 cm³/mol. The highest BCUT2D eigenvalue weighted by molar-refractivity contribution is 5.83. The number of aromatic nitrogens is 4. The van der Waals surface area contributed by atoms with E-state index in [4.69, 9.17) is 9.63 Å². The third-order valence-electron chi connectivity index (χ3n) is 5.10. The van der Waals surface area contributed by atoms with Crippen molar-refractivity contribution in [2.75, 3.05) is 0 Å². The second kappa shape index (κ2) is 9.04. The van der Waals surface area contributed by atoms with E-state index in [9.17, 15) is 31.1 Å². The SMILES string of the molecule is O=C(O)CCCCn1cc2cc(-c3noc(-c4cc(C(F)(F)F)cc(C(F)(F)F)c4)n3)ccc2n1. The molecule has 0 spiro atoms. The number of unbranched alkanes of at least 4 members (excludes halogenated alkanes) is 1. The molecular formula is C22H16F6N4O3. The van der Waals surface area contributed by atoms with Gasteiger partial charge in [-0.25, -0.2) is 0 Å². The van der Waals surface area contributed by atoms with Crippen LogP contribution < -0.4 is 0 Å². The van der Waals surface area contributed by atoms with E-state index in [1.807, 2.05) is 0 Å². The van der Waals surface area contributed by atoms with Crippen molar-refractivity contribution in [3.8, 4) is 22.8 Å². The van der Waals surface area contributed by atoms with Gasteiger partial charge in [0.25, 0.3) is 5.89 Å². The Morgan fingerprint density at radius 1 is 0.943 bits per heavy atom. The van der Waals surface area contributed by atoms with Gasteiger partial charge >= 0.3 is 18.3 Å². The average Bonchev–Trinajstić information content (AvgIpc) is 3.41. The van der Waals surface area contributed by atoms with E-state index in [1.165, 1.54) is 0 Å². The van der Waals surface area contributed by atoms with E-state index in [2.05, 4.69) is 15.2 Å². The first kappa shape index (κ1) is 24.2. The summed E-state index contributed by atoms with van der Waals surface area (Å²) in [5.41, 5.74) is -2.44. The third kappa shape index (κ3) is 5.61. The van der Waals surface area contributed by atoms with Gasteiger partial charge < -0.3 is 9.63 Å². The molecule has 35 heavy (non-hydrogen) atoms. The van der Waals surface area contributed by atoms with E-state index in [1.54, 1.807) is 29.1 Å². The standard InChI is InChI=1S/C22H16F6N4O3/c23-21(24,25)15-8-13(9-16(10-15)22(26,27)28)20-29-19(31-35-20)12-4-5-17-14(7-12)11-32(30-17)6-2-1-3-18(33)34/h4-5,7-11H,1-3,6H2,(H,33,34). The van der Waals surface area contributed by atoms with Gasteiger partial charge in [-0.3, -0.25) is 9.48 Å². The summed E-state index contributed by atoms with van der Waals surface area (Å²) in [5, 5.41) is 17.5. The molecule has 0 radical (unpaired) electrons. The summed E-state index contributed by atoms with van der Waals surface area (Å²) in [4.78, 5) is 14.6. The number of aliphatic carboxylic acids is 1. The molecule has 0 unspecified atom stereocenters. The molecule has 184 valence electrons. The van der Waals surface area contributed by atoms with Crippen molar-refractivity contribution in [3.05, 3.63) is 53.7 Å². The van der Waals surface area contributed by atoms with Crippen molar-refractivity contribution in [2.45, 2.75) is 38.2 Å². The molecule has 2 aromatic heterocycles. The maximum atomic E-state index is 13.1. The Hall–Kier alpha value is -3.90. The number of carboxylic acids is 1. The lowest BCUT2D eigenvalue weighted by Gasteiger charge is -2.12. The molecule has 0 saturated heterocycles. The maximum Gasteiger partial charge on any atom is 0.416 e. The highest BCUT2D eigenvalue weighted by atomic mass is 19.4. The van der Waals surface area contributed by atoms with Crippen LogP contribution in [0.2, 0.25) is 0 Å². The van der Waals surface area contributed by atoms with Gasteiger partial charge in [-0.05, 0) is 49.2 Å². The molecule has 0 bridgehead atoms. The van der Waals surface area contributed by atoms with Crippen molar-refractivity contribution >= 4 is 16.9 Å². The number of alkyl halides is 6. The van der Waals surface area contributed by atoms with Crippen LogP contribution in [-0.4, -0.2) is 31.0 Å². The fraction of sp³-hybridized carbons (Fsp3) is 0.273. The van der Waals surface area contributed by atoms with E-state index in [-0.39, 0.29) is 18.3 Å². The van der Waals surface area contributed by atoms with Crippen LogP contribution in [-0.2, 0) is 23.7 Å². The predicted octanol–water partition coefficient (Wildman–Crippen LogP) is 6.05. The zero-order chi connectivity index (χ0) is 25.4. The zero-order valence-electron chi connectivity index (χ0n) is 17.7. The second-order valence-electron chi connectivity index (χ2n) is 7.73. The molecule has 13 heteroatoms. The number of fused-ring (bicyclic) bond motifs is 1. The summed E-state index contributed by atoms with van der Waals surface area (Å²) in [5.74, 6) is -1.40. The first-order valence-electron chi connectivity index (χ1n) is 10.2. The van der Waals surface area contributed by atoms with E-state index in [0.717, 1.165) is 0 Å². The summed E-state index contributed by atoms with van der Waals surface area (Å²) < 4.78 is 85.5. The highest BCUT2D eigenvalue weighted by Crippen LogP contribution is 2.38. The fourth-order valence-electron chi connectivity index (χ4n) is 3.42. The summed E-state index contributed by atoms with van der Waals surface area (Å²) in [7, 11) is 0. The van der Waals surface area contributed by atoms with Crippen LogP contribution in [0.15, 0.2) is 47.1 Å². The number of hydrogen-bond donors (Lipinski definition) is 1. The molecule has 0 amide bonds. The molecule has 0 aliphatic heterocycles. The minimum absolute atomic E-state index is 0.0219. The molecule has 0 saturated carbocycles. The van der Waals surface area contributed by atoms with Gasteiger partial charge in [-0.1, -0.05) is 5.16 Å². The van der Waals surface area contributed by atoms with Crippen LogP contribution in [0.5, 0.6) is 0 Å². The number of benzene rings is 2. The Morgan fingerprint density at radius 3 is 2.26 bits per heavy atom. The second-order valence-corrected chi connectivity index (χ2v) is 7.73. The summed E-state index contributed by atoms with van der Waals surface area (Å²) >= 11 is 0. The van der Waals surface area contributed by atoms with Gasteiger partial charge in [0.15, 0.2) is 0 Å². The van der Waals surface area contributed by atoms with Crippen molar-refractivity contribution in [2.24, 2.45) is 0 Å². The molecule has 2 aromatic carbocycles. The topological polar surface area (TPSA) is 94.0 Å². The van der Waals surface area contributed by atoms with Crippen LogP contribution in [0.3, 0.4) is 0 Å². The number of rotatable bonds is 7. The molecule has 4 aromatic rings. The van der Waals surface area contributed by atoms with Crippen LogP contribution in [0.25, 0.3) is 33.7 Å². The lowest BCUT2D eigenvalue weighted by atomic mass is 10.0. The summed E-state index contributed by atoms with van der Waals surface area (Å²) in [6, 6.07) is 5.95. The van der Waals surface area contributed by atoms with Gasteiger partial charge in [0.05, 0.1) is 16.6 Å². The number of hydrogen-bond acceptors (Lipinski definition) is 5. The first-order chi connectivity index (χ1) is 16.4. The van der Waals surface area contributed by atoms with E-state index < -0.39 is 40.9 Å². The van der Waals surface area contributed by atoms with Crippen molar-refractivity contribution in [3.63, 3.8) is 0 Å². The molecule has 4 rings (SSSR count). The monoisotopic (exact) mass is 498 g/mol. The van der Waals surface area contributed by atoms with E-state index >= 15 is 0 Å². The third-order valence-corrected chi connectivity index (χ3v) is 5.10. The van der Waals surface area contributed by atoms with Gasteiger partial charge in [0.2, 0.25) is 5.82 Å². The van der Waals surface area contributed by atoms with Crippen LogP contribution in [0.4, 0.5) is 26.3 Å². The quantitative estimate of drug-likeness (QED) is 0.246. The lowest BCUT2D eigenvalue weighted by molar-refractivity contribution is -0.143. The van der Waals surface area contributed by atoms with Crippen molar-refractivity contribution < 1.29 is 40.8 Å². The molecule has 0 aliphatic rings. The van der Waals surface area contributed by atoms with E-state index in [0.29, 0.717) is 48.0 Å². The molecule has 1 N–H and O–H groups in total. The zero-order valence-corrected chi connectivity index (χ0v) is 17.7. The van der Waals surface area contributed by atoms with Gasteiger partial charge in [-0.15, -0.1) is 0 Å². The Balaban J connectivity index is 1.61. The van der Waals surface area contributed by atoms with Gasteiger partial charge in [-0.2, -0.15) is 36.4 Å².